The van der Waals surface area contributed by atoms with E-state index in [1.54, 1.807) is 13.1 Å². The molecule has 0 spiro atoms. The van der Waals surface area contributed by atoms with E-state index in [2.05, 4.69) is 30.0 Å². The molecule has 30 heavy (non-hydrogen) atoms. The third-order valence-electron chi connectivity index (χ3n) is 5.67. The average molecular weight is 421 g/mol. The zero-order chi connectivity index (χ0) is 21.1. The van der Waals surface area contributed by atoms with Crippen LogP contribution in [0, 0.1) is 0 Å². The first-order valence-electron chi connectivity index (χ1n) is 10.2. The van der Waals surface area contributed by atoms with E-state index in [1.165, 1.54) is 12.1 Å². The fraction of sp³-hybridized carbons (Fsp3) is 0.550. The second-order valence-corrected chi connectivity index (χ2v) is 7.56. The van der Waals surface area contributed by atoms with E-state index in [0.29, 0.717) is 38.4 Å². The Labute approximate surface area is 173 Å². The highest BCUT2D eigenvalue weighted by atomic mass is 19.4. The zero-order valence-electron chi connectivity index (χ0n) is 17.0. The molecule has 0 radical (unpaired) electrons. The third kappa shape index (κ3) is 4.36. The summed E-state index contributed by atoms with van der Waals surface area (Å²) in [5, 5.41) is 11.9. The van der Waals surface area contributed by atoms with Crippen molar-refractivity contribution in [2.75, 3.05) is 38.1 Å². The number of nitrogens with zero attached hydrogens (tertiary/aromatic N) is 6. The zero-order valence-corrected chi connectivity index (χ0v) is 17.0. The maximum absolute atomic E-state index is 13.0. The van der Waals surface area contributed by atoms with Gasteiger partial charge in [-0.05, 0) is 31.0 Å². The summed E-state index contributed by atoms with van der Waals surface area (Å²) in [4.78, 5) is 8.48. The van der Waals surface area contributed by atoms with Gasteiger partial charge in [0.15, 0.2) is 11.8 Å². The molecule has 3 heterocycles. The fourth-order valence-corrected chi connectivity index (χ4v) is 4.05. The summed E-state index contributed by atoms with van der Waals surface area (Å²) in [6.45, 7) is 4.10. The van der Waals surface area contributed by atoms with Gasteiger partial charge in [-0.25, -0.2) is 0 Å². The standard InChI is InChI=1S/C20H26F3N7/c1-24-19(25-14-18-27-26-17-7-2-3-8-30(17)18)29-11-9-28(10-12-29)16-6-4-5-15(13-16)20(21,22)23/h4-6,13H,2-3,7-12,14H2,1H3,(H,24,25). The maximum atomic E-state index is 13.0. The number of guanidine groups is 1. The molecule has 162 valence electrons. The minimum absolute atomic E-state index is 0.549. The van der Waals surface area contributed by atoms with Crippen LogP contribution in [0.4, 0.5) is 18.9 Å². The maximum Gasteiger partial charge on any atom is 0.416 e. The minimum atomic E-state index is -4.33. The van der Waals surface area contributed by atoms with Crippen molar-refractivity contribution in [2.45, 2.75) is 38.5 Å². The molecule has 1 fully saturated rings. The molecule has 2 aliphatic rings. The predicted octanol–water partition coefficient (Wildman–Crippen LogP) is 2.53. The van der Waals surface area contributed by atoms with Crippen molar-refractivity contribution in [3.63, 3.8) is 0 Å². The lowest BCUT2D eigenvalue weighted by Gasteiger charge is -2.37. The SMILES string of the molecule is CN=C(NCc1nnc2n1CCCC2)N1CCN(c2cccc(C(F)(F)F)c2)CC1. The van der Waals surface area contributed by atoms with Crippen LogP contribution in [0.2, 0.25) is 0 Å². The molecule has 4 rings (SSSR count). The molecular formula is C20H26F3N7. The first-order chi connectivity index (χ1) is 14.5. The lowest BCUT2D eigenvalue weighted by atomic mass is 10.1. The number of hydrogen-bond acceptors (Lipinski definition) is 4. The minimum Gasteiger partial charge on any atom is -0.368 e. The molecule has 10 heteroatoms. The number of alkyl halides is 3. The van der Waals surface area contributed by atoms with Crippen molar-refractivity contribution < 1.29 is 13.2 Å². The summed E-state index contributed by atoms with van der Waals surface area (Å²) >= 11 is 0. The van der Waals surface area contributed by atoms with Gasteiger partial charge < -0.3 is 19.7 Å². The summed E-state index contributed by atoms with van der Waals surface area (Å²) in [6, 6.07) is 5.52. The van der Waals surface area contributed by atoms with Crippen LogP contribution >= 0.6 is 0 Å². The van der Waals surface area contributed by atoms with Crippen molar-refractivity contribution in [3.8, 4) is 0 Å². The third-order valence-corrected chi connectivity index (χ3v) is 5.67. The summed E-state index contributed by atoms with van der Waals surface area (Å²) in [7, 11) is 1.74. The van der Waals surface area contributed by atoms with E-state index in [9.17, 15) is 13.2 Å². The van der Waals surface area contributed by atoms with Gasteiger partial charge in [-0.3, -0.25) is 4.99 Å². The molecule has 0 atom stereocenters. The predicted molar refractivity (Wildman–Crippen MR) is 108 cm³/mol. The van der Waals surface area contributed by atoms with Crippen LogP contribution in [0.15, 0.2) is 29.3 Å². The summed E-state index contributed by atoms with van der Waals surface area (Å²) < 4.78 is 41.2. The fourth-order valence-electron chi connectivity index (χ4n) is 4.05. The van der Waals surface area contributed by atoms with Crippen LogP contribution in [-0.2, 0) is 25.7 Å². The number of benzene rings is 1. The number of piperazine rings is 1. The van der Waals surface area contributed by atoms with E-state index in [4.69, 9.17) is 0 Å². The average Bonchev–Trinajstić information content (AvgIpc) is 3.17. The normalized spacial score (nSPS) is 17.8. The Balaban J connectivity index is 1.34. The number of anilines is 1. The summed E-state index contributed by atoms with van der Waals surface area (Å²) in [6.07, 6.45) is -1.06. The molecule has 1 N–H and O–H groups in total. The van der Waals surface area contributed by atoms with Crippen molar-refractivity contribution in [1.29, 1.82) is 0 Å². The molecule has 2 aliphatic heterocycles. The summed E-state index contributed by atoms with van der Waals surface area (Å²) in [5.74, 6) is 2.73. The van der Waals surface area contributed by atoms with Crippen LogP contribution in [0.25, 0.3) is 0 Å². The molecule has 2 aromatic rings. The van der Waals surface area contributed by atoms with E-state index >= 15 is 0 Å². The van der Waals surface area contributed by atoms with Gasteiger partial charge in [-0.2, -0.15) is 13.2 Å². The Hall–Kier alpha value is -2.78. The van der Waals surface area contributed by atoms with E-state index in [-0.39, 0.29) is 0 Å². The van der Waals surface area contributed by atoms with Crippen molar-refractivity contribution in [1.82, 2.24) is 25.0 Å². The molecule has 0 aliphatic carbocycles. The molecule has 0 bridgehead atoms. The van der Waals surface area contributed by atoms with Crippen LogP contribution in [0.1, 0.15) is 30.1 Å². The van der Waals surface area contributed by atoms with Gasteiger partial charge in [-0.1, -0.05) is 6.07 Å². The van der Waals surface area contributed by atoms with Crippen molar-refractivity contribution in [3.05, 3.63) is 41.5 Å². The number of aromatic nitrogens is 3. The number of fused-ring (bicyclic) bond motifs is 1. The Morgan fingerprint density at radius 1 is 1.10 bits per heavy atom. The monoisotopic (exact) mass is 421 g/mol. The Morgan fingerprint density at radius 2 is 1.90 bits per heavy atom. The second kappa shape index (κ2) is 8.53. The second-order valence-electron chi connectivity index (χ2n) is 7.56. The molecule has 0 amide bonds. The number of aliphatic imine (C=N–C) groups is 1. The van der Waals surface area contributed by atoms with E-state index < -0.39 is 11.7 Å². The molecule has 0 unspecified atom stereocenters. The Bertz CT molecular complexity index is 898. The number of nitrogens with one attached hydrogen (secondary N) is 1. The van der Waals surface area contributed by atoms with Gasteiger partial charge >= 0.3 is 6.18 Å². The quantitative estimate of drug-likeness (QED) is 0.610. The van der Waals surface area contributed by atoms with Gasteiger partial charge in [0.1, 0.15) is 5.82 Å². The first kappa shape index (κ1) is 20.5. The van der Waals surface area contributed by atoms with Gasteiger partial charge in [0.25, 0.3) is 0 Å². The molecule has 1 saturated heterocycles. The highest BCUT2D eigenvalue weighted by Crippen LogP contribution is 2.31. The number of aryl methyl sites for hydroxylation is 1. The van der Waals surface area contributed by atoms with Crippen LogP contribution in [0.3, 0.4) is 0 Å². The van der Waals surface area contributed by atoms with E-state index in [1.807, 2.05) is 4.90 Å². The largest absolute Gasteiger partial charge is 0.416 e. The topological polar surface area (TPSA) is 61.6 Å². The number of halogens is 3. The smallest absolute Gasteiger partial charge is 0.368 e. The van der Waals surface area contributed by atoms with Crippen molar-refractivity contribution >= 4 is 11.6 Å². The van der Waals surface area contributed by atoms with Gasteiger partial charge in [0.2, 0.25) is 0 Å². The molecule has 1 aromatic carbocycles. The molecule has 7 nitrogen and oxygen atoms in total. The van der Waals surface area contributed by atoms with Crippen LogP contribution in [0.5, 0.6) is 0 Å². The van der Waals surface area contributed by atoms with Gasteiger partial charge in [0.05, 0.1) is 12.1 Å². The molecule has 0 saturated carbocycles. The number of rotatable bonds is 3. The highest BCUT2D eigenvalue weighted by Gasteiger charge is 2.31. The molecular weight excluding hydrogens is 395 g/mol. The first-order valence-corrected chi connectivity index (χ1v) is 10.2. The lowest BCUT2D eigenvalue weighted by molar-refractivity contribution is -0.137. The lowest BCUT2D eigenvalue weighted by Crippen LogP contribution is -2.52. The van der Waals surface area contributed by atoms with Gasteiger partial charge in [-0.15, -0.1) is 10.2 Å². The Kier molecular flexibility index (Phi) is 5.83. The summed E-state index contributed by atoms with van der Waals surface area (Å²) in [5.41, 5.74) is -0.0148. The van der Waals surface area contributed by atoms with Crippen molar-refractivity contribution in [2.24, 2.45) is 4.99 Å². The van der Waals surface area contributed by atoms with Crippen LogP contribution in [-0.4, -0.2) is 58.9 Å². The highest BCUT2D eigenvalue weighted by molar-refractivity contribution is 5.80. The number of hydrogen-bond donors (Lipinski definition) is 1. The van der Waals surface area contributed by atoms with Gasteiger partial charge in [0, 0.05) is 51.9 Å². The Morgan fingerprint density at radius 3 is 2.63 bits per heavy atom. The molecule has 1 aromatic heterocycles. The van der Waals surface area contributed by atoms with E-state index in [0.717, 1.165) is 49.5 Å². The van der Waals surface area contributed by atoms with Crippen LogP contribution < -0.4 is 10.2 Å².